The number of ketones is 1. The largest absolute Gasteiger partial charge is 0.481 e. The molecule has 0 aliphatic carbocycles. The molecule has 0 spiro atoms. The predicted molar refractivity (Wildman–Crippen MR) is 290 cm³/mol. The van der Waals surface area contributed by atoms with Gasteiger partial charge in [0, 0.05) is 50.7 Å². The molecule has 79 heavy (non-hydrogen) atoms. The summed E-state index contributed by atoms with van der Waals surface area (Å²) in [6.07, 6.45) is 15.9. The van der Waals surface area contributed by atoms with E-state index >= 15 is 0 Å². The van der Waals surface area contributed by atoms with Gasteiger partial charge in [-0.1, -0.05) is 97.8 Å². The van der Waals surface area contributed by atoms with E-state index in [2.05, 4.69) is 31.9 Å². The monoisotopic (exact) mass is 1130 g/mol. The number of nitrogens with two attached hydrogens (primary N) is 1. The van der Waals surface area contributed by atoms with E-state index in [0.29, 0.717) is 25.8 Å². The number of rotatable bonds is 48. The Labute approximate surface area is 465 Å². The molecular formula is C54H94N8O17. The second-order valence-electron chi connectivity index (χ2n) is 20.8. The second-order valence-corrected chi connectivity index (χ2v) is 20.8. The van der Waals surface area contributed by atoms with Gasteiger partial charge in [0.1, 0.15) is 31.3 Å². The second kappa shape index (κ2) is 43.1. The fourth-order valence-corrected chi connectivity index (χ4v) is 8.37. The van der Waals surface area contributed by atoms with Crippen molar-refractivity contribution >= 4 is 65.0 Å². The Morgan fingerprint density at radius 2 is 1.01 bits per heavy atom. The predicted octanol–water partition coefficient (Wildman–Crippen LogP) is 1.94. The van der Waals surface area contributed by atoms with Crippen LogP contribution in [0.15, 0.2) is 0 Å². The minimum absolute atomic E-state index is 0.0211. The van der Waals surface area contributed by atoms with Crippen molar-refractivity contribution in [3.8, 4) is 0 Å². The summed E-state index contributed by atoms with van der Waals surface area (Å²) >= 11 is 0. The number of ether oxygens (including phenoxy) is 4. The van der Waals surface area contributed by atoms with Crippen molar-refractivity contribution in [1.82, 2.24) is 36.8 Å². The molecule has 0 saturated carbocycles. The first kappa shape index (κ1) is 71.2. The summed E-state index contributed by atoms with van der Waals surface area (Å²) < 4.78 is 21.3. The van der Waals surface area contributed by atoms with E-state index in [1.807, 2.05) is 0 Å². The molecule has 8 amide bonds. The molecule has 1 aliphatic rings. The van der Waals surface area contributed by atoms with Crippen molar-refractivity contribution in [2.75, 3.05) is 79.0 Å². The highest BCUT2D eigenvalue weighted by atomic mass is 16.5. The summed E-state index contributed by atoms with van der Waals surface area (Å²) in [6.45, 7) is 7.00. The SMILES string of the molecule is C[C@H](NC(=O)[C@H](CCC(N)=O)NC(=O)CNC(=O)COCCOCCNC(=O)COCCOCCNC(=O)CC[C@@H](NC(=O)CCCCCCCCCCCCCCCCC(=O)O)C(=O)O)C(=O)N1CCC[C@H]1C(=O)C(C)(C)C. The highest BCUT2D eigenvalue weighted by Crippen LogP contribution is 2.27. The number of nitrogens with zero attached hydrogens (tertiary/aromatic N) is 1. The summed E-state index contributed by atoms with van der Waals surface area (Å²) in [5, 5.41) is 33.4. The van der Waals surface area contributed by atoms with Gasteiger partial charge in [0.25, 0.3) is 0 Å². The van der Waals surface area contributed by atoms with Crippen molar-refractivity contribution in [2.45, 2.75) is 193 Å². The molecule has 0 aromatic carbocycles. The van der Waals surface area contributed by atoms with Gasteiger partial charge < -0.3 is 71.7 Å². The molecule has 0 aromatic rings. The lowest BCUT2D eigenvalue weighted by molar-refractivity contribution is -0.143. The molecule has 4 atom stereocenters. The van der Waals surface area contributed by atoms with E-state index in [-0.39, 0.29) is 115 Å². The van der Waals surface area contributed by atoms with Gasteiger partial charge in [0.2, 0.25) is 47.3 Å². The summed E-state index contributed by atoms with van der Waals surface area (Å²) in [5.41, 5.74) is 4.60. The summed E-state index contributed by atoms with van der Waals surface area (Å²) in [5.74, 6) is -6.44. The molecule has 25 heteroatoms. The zero-order valence-electron chi connectivity index (χ0n) is 47.4. The lowest BCUT2D eigenvalue weighted by atomic mass is 9.85. The topological polar surface area (TPSA) is 367 Å². The van der Waals surface area contributed by atoms with Gasteiger partial charge in [-0.25, -0.2) is 4.79 Å². The molecule has 1 aliphatic heterocycles. The van der Waals surface area contributed by atoms with Crippen LogP contribution >= 0.6 is 0 Å². The number of amides is 8. The first-order chi connectivity index (χ1) is 37.6. The quantitative estimate of drug-likeness (QED) is 0.0393. The van der Waals surface area contributed by atoms with Gasteiger partial charge >= 0.3 is 11.9 Å². The number of carboxylic acid groups (broad SMARTS) is 2. The lowest BCUT2D eigenvalue weighted by Crippen LogP contribution is -2.56. The van der Waals surface area contributed by atoms with Gasteiger partial charge in [-0.15, -0.1) is 0 Å². The summed E-state index contributed by atoms with van der Waals surface area (Å²) in [7, 11) is 0. The molecule has 1 fully saturated rings. The Morgan fingerprint density at radius 1 is 0.544 bits per heavy atom. The minimum atomic E-state index is -1.25. The number of hydrogen-bond acceptors (Lipinski definition) is 15. The molecule has 25 nitrogen and oxygen atoms in total. The minimum Gasteiger partial charge on any atom is -0.481 e. The summed E-state index contributed by atoms with van der Waals surface area (Å²) in [4.78, 5) is 136. The lowest BCUT2D eigenvalue weighted by Gasteiger charge is -2.31. The average Bonchev–Trinajstić information content (AvgIpc) is 3.88. The molecule has 0 unspecified atom stereocenters. The van der Waals surface area contributed by atoms with Crippen LogP contribution in [0, 0.1) is 5.41 Å². The van der Waals surface area contributed by atoms with Crippen LogP contribution in [0.4, 0.5) is 0 Å². The first-order valence-electron chi connectivity index (χ1n) is 28.2. The smallest absolute Gasteiger partial charge is 0.326 e. The molecule has 1 rings (SSSR count). The Kier molecular flexibility index (Phi) is 38.8. The normalized spacial score (nSPS) is 14.3. The number of carboxylic acids is 2. The third-order valence-corrected chi connectivity index (χ3v) is 12.8. The van der Waals surface area contributed by atoms with E-state index in [9.17, 15) is 57.8 Å². The maximum atomic E-state index is 13.3. The van der Waals surface area contributed by atoms with Crippen LogP contribution in [0.3, 0.4) is 0 Å². The number of Topliss-reactive ketones (excluding diaryl/α,β-unsaturated/α-hetero) is 1. The van der Waals surface area contributed by atoms with Crippen LogP contribution in [-0.4, -0.2) is 183 Å². The Morgan fingerprint density at radius 3 is 1.52 bits per heavy atom. The van der Waals surface area contributed by atoms with E-state index in [4.69, 9.17) is 29.8 Å². The third kappa shape index (κ3) is 36.9. The number of likely N-dealkylation sites (tertiary alicyclic amines) is 1. The van der Waals surface area contributed by atoms with E-state index < -0.39 is 90.1 Å². The van der Waals surface area contributed by atoms with Gasteiger partial charge in [0.15, 0.2) is 5.78 Å². The maximum Gasteiger partial charge on any atom is 0.326 e. The molecular weight excluding hydrogens is 1030 g/mol. The van der Waals surface area contributed by atoms with Crippen LogP contribution in [0.2, 0.25) is 0 Å². The Bertz CT molecular complexity index is 1880. The highest BCUT2D eigenvalue weighted by Gasteiger charge is 2.40. The van der Waals surface area contributed by atoms with Crippen LogP contribution in [0.25, 0.3) is 0 Å². The van der Waals surface area contributed by atoms with E-state index in [1.165, 1.54) is 43.9 Å². The van der Waals surface area contributed by atoms with Gasteiger partial charge in [-0.05, 0) is 45.4 Å². The van der Waals surface area contributed by atoms with Crippen molar-refractivity contribution in [1.29, 1.82) is 0 Å². The van der Waals surface area contributed by atoms with Crippen LogP contribution in [0.5, 0.6) is 0 Å². The Hall–Kier alpha value is -5.79. The molecule has 1 saturated heterocycles. The number of aliphatic carboxylic acids is 2. The number of primary amides is 1. The number of unbranched alkanes of at least 4 members (excludes halogenated alkanes) is 13. The number of nitrogens with one attached hydrogen (secondary N) is 6. The number of carbonyl (C=O) groups is 11. The number of hydrogen-bond donors (Lipinski definition) is 9. The van der Waals surface area contributed by atoms with E-state index in [1.54, 1.807) is 20.8 Å². The maximum absolute atomic E-state index is 13.3. The standard InChI is InChI=1S/C54H94N8O17/c1-39(52(73)62-29-19-20-42(62)50(71)54(2,3)4)59-51(72)40(23-25-43(55)63)60-46(66)36-58-48(68)38-79-35-33-77-31-28-57-47(67)37-78-34-32-76-30-27-56-44(64)26-24-41(53(74)75)61-45(65)21-17-15-13-11-9-7-5-6-8-10-12-14-16-18-22-49(69)70/h39-42H,5-38H2,1-4H3,(H2,55,63)(H,56,64)(H,57,67)(H,58,68)(H,59,72)(H,60,66)(H,61,65)(H,69,70)(H,74,75)/t39-,40-,41+,42-/m0/s1. The van der Waals surface area contributed by atoms with Gasteiger partial charge in [-0.3, -0.25) is 47.9 Å². The van der Waals surface area contributed by atoms with Gasteiger partial charge in [0.05, 0.1) is 52.2 Å². The van der Waals surface area contributed by atoms with Crippen LogP contribution < -0.4 is 37.6 Å². The molecule has 0 bridgehead atoms. The summed E-state index contributed by atoms with van der Waals surface area (Å²) in [6, 6.07) is -4.07. The molecule has 0 radical (unpaired) electrons. The molecule has 1 heterocycles. The molecule has 452 valence electrons. The zero-order valence-corrected chi connectivity index (χ0v) is 47.4. The fourth-order valence-electron chi connectivity index (χ4n) is 8.37. The Balaban J connectivity index is 2.09. The number of carbonyl (C=O) groups excluding carboxylic acids is 9. The van der Waals surface area contributed by atoms with Crippen LogP contribution in [0.1, 0.15) is 169 Å². The van der Waals surface area contributed by atoms with Gasteiger partial charge in [-0.2, -0.15) is 0 Å². The average molecular weight is 1130 g/mol. The van der Waals surface area contributed by atoms with Crippen molar-refractivity contribution in [3.05, 3.63) is 0 Å². The zero-order chi connectivity index (χ0) is 58.9. The van der Waals surface area contributed by atoms with Crippen molar-refractivity contribution in [2.24, 2.45) is 11.1 Å². The van der Waals surface area contributed by atoms with Crippen LogP contribution in [-0.2, 0) is 71.7 Å². The highest BCUT2D eigenvalue weighted by molar-refractivity contribution is 5.96. The third-order valence-electron chi connectivity index (χ3n) is 12.8. The molecule has 0 aromatic heterocycles. The van der Waals surface area contributed by atoms with Crippen molar-refractivity contribution in [3.63, 3.8) is 0 Å². The first-order valence-corrected chi connectivity index (χ1v) is 28.2. The van der Waals surface area contributed by atoms with E-state index in [0.717, 1.165) is 51.4 Å². The van der Waals surface area contributed by atoms with Crippen molar-refractivity contribution < 1.29 is 81.9 Å². The molecule has 10 N–H and O–H groups in total. The fraction of sp³-hybridized carbons (Fsp3) is 0.796.